The van der Waals surface area contributed by atoms with Crippen LogP contribution < -0.4 is 0 Å². The Balaban J connectivity index is 1.70. The van der Waals surface area contributed by atoms with Crippen molar-refractivity contribution >= 4 is 5.69 Å². The van der Waals surface area contributed by atoms with Gasteiger partial charge >= 0.3 is 0 Å². The molecule has 1 N–H and O–H groups in total. The number of nitro groups is 1. The number of hydrogen-bond acceptors (Lipinski definition) is 6. The maximum absolute atomic E-state index is 10.8. The second-order valence-corrected chi connectivity index (χ2v) is 6.71. The van der Waals surface area contributed by atoms with Crippen LogP contribution in [0.2, 0.25) is 0 Å². The maximum atomic E-state index is 10.8. The number of ether oxygens (including phenoxy) is 2. The van der Waals surface area contributed by atoms with Crippen LogP contribution in [-0.4, -0.2) is 46.0 Å². The molecular formula is C16H20N2O5. The monoisotopic (exact) mass is 320 g/mol. The number of non-ortho nitro benzene ring substituents is 1. The van der Waals surface area contributed by atoms with Crippen molar-refractivity contribution in [3.05, 3.63) is 39.9 Å². The molecule has 2 atom stereocenters. The minimum Gasteiger partial charge on any atom is -0.394 e. The molecule has 124 valence electrons. The molecule has 1 aromatic rings. The second kappa shape index (κ2) is 5.24. The summed E-state index contributed by atoms with van der Waals surface area (Å²) in [5.74, 6) is 0. The summed E-state index contributed by atoms with van der Waals surface area (Å²) in [5, 5.41) is 20.8. The van der Waals surface area contributed by atoms with Crippen molar-refractivity contribution in [2.75, 3.05) is 19.8 Å². The first-order valence-electron chi connectivity index (χ1n) is 8.01. The summed E-state index contributed by atoms with van der Waals surface area (Å²) in [6.07, 6.45) is 3.74. The predicted octanol–water partition coefficient (Wildman–Crippen LogP) is 1.96. The van der Waals surface area contributed by atoms with Gasteiger partial charge in [-0.15, -0.1) is 0 Å². The van der Waals surface area contributed by atoms with Crippen LogP contribution in [0.25, 0.3) is 0 Å². The molecule has 1 saturated carbocycles. The Morgan fingerprint density at radius 3 is 2.57 bits per heavy atom. The number of aliphatic hydroxyl groups is 1. The third-order valence-electron chi connectivity index (χ3n) is 5.37. The molecule has 3 aliphatic rings. The Labute approximate surface area is 133 Å². The van der Waals surface area contributed by atoms with E-state index >= 15 is 0 Å². The quantitative estimate of drug-likeness (QED) is 0.677. The molecule has 2 aliphatic heterocycles. The molecule has 7 nitrogen and oxygen atoms in total. The van der Waals surface area contributed by atoms with E-state index in [4.69, 9.17) is 9.47 Å². The lowest BCUT2D eigenvalue weighted by Gasteiger charge is -2.39. The fraction of sp³-hybridized carbons (Fsp3) is 0.625. The molecule has 0 bridgehead atoms. The van der Waals surface area contributed by atoms with Crippen LogP contribution >= 0.6 is 0 Å². The number of fused-ring (bicyclic) bond motifs is 2. The van der Waals surface area contributed by atoms with Crippen molar-refractivity contribution in [1.29, 1.82) is 0 Å². The van der Waals surface area contributed by atoms with Gasteiger partial charge in [-0.1, -0.05) is 0 Å². The molecule has 3 fully saturated rings. The first kappa shape index (κ1) is 15.0. The van der Waals surface area contributed by atoms with Crippen molar-refractivity contribution in [2.24, 2.45) is 0 Å². The normalized spacial score (nSPS) is 32.5. The molecule has 1 aromatic carbocycles. The predicted molar refractivity (Wildman–Crippen MR) is 80.6 cm³/mol. The minimum absolute atomic E-state index is 0.0156. The van der Waals surface area contributed by atoms with Crippen LogP contribution in [0, 0.1) is 10.1 Å². The van der Waals surface area contributed by atoms with E-state index in [-0.39, 0.29) is 24.2 Å². The van der Waals surface area contributed by atoms with Gasteiger partial charge in [-0.05, 0) is 43.4 Å². The molecule has 4 rings (SSSR count). The van der Waals surface area contributed by atoms with Gasteiger partial charge in [-0.2, -0.15) is 0 Å². The summed E-state index contributed by atoms with van der Waals surface area (Å²) < 4.78 is 12.2. The Morgan fingerprint density at radius 2 is 1.96 bits per heavy atom. The molecule has 0 amide bonds. The molecule has 7 heteroatoms. The summed E-state index contributed by atoms with van der Waals surface area (Å²) in [6.45, 7) is 0.859. The van der Waals surface area contributed by atoms with E-state index in [0.29, 0.717) is 13.2 Å². The van der Waals surface area contributed by atoms with Crippen LogP contribution in [0.1, 0.15) is 37.5 Å². The standard InChI is InChI=1S/C16H20N2O5/c19-9-15-10-22-14(12-3-5-13(6-4-12)18(20)21)17(15)16(23-11-15)7-1-2-8-16/h3-6,14,19H,1-2,7-11H2/t14-,15-/m0/s1. The second-order valence-electron chi connectivity index (χ2n) is 6.71. The number of hydrogen-bond donors (Lipinski definition) is 1. The molecule has 0 radical (unpaired) electrons. The zero-order valence-corrected chi connectivity index (χ0v) is 12.8. The summed E-state index contributed by atoms with van der Waals surface area (Å²) >= 11 is 0. The van der Waals surface area contributed by atoms with E-state index in [0.717, 1.165) is 31.2 Å². The lowest BCUT2D eigenvalue weighted by Crippen LogP contribution is -2.54. The van der Waals surface area contributed by atoms with Gasteiger partial charge in [-0.3, -0.25) is 10.1 Å². The molecule has 2 saturated heterocycles. The van der Waals surface area contributed by atoms with E-state index < -0.39 is 10.5 Å². The lowest BCUT2D eigenvalue weighted by molar-refractivity contribution is -0.384. The van der Waals surface area contributed by atoms with Gasteiger partial charge in [-0.25, -0.2) is 4.90 Å². The molecule has 1 aliphatic carbocycles. The topological polar surface area (TPSA) is 85.1 Å². The van der Waals surface area contributed by atoms with Crippen LogP contribution in [0.15, 0.2) is 24.3 Å². The van der Waals surface area contributed by atoms with Crippen molar-refractivity contribution in [1.82, 2.24) is 4.90 Å². The first-order chi connectivity index (χ1) is 11.1. The molecule has 0 aromatic heterocycles. The molecule has 23 heavy (non-hydrogen) atoms. The van der Waals surface area contributed by atoms with Crippen LogP contribution in [-0.2, 0) is 9.47 Å². The highest BCUT2D eigenvalue weighted by Crippen LogP contribution is 2.53. The van der Waals surface area contributed by atoms with Crippen molar-refractivity contribution in [2.45, 2.75) is 43.2 Å². The fourth-order valence-electron chi connectivity index (χ4n) is 4.21. The van der Waals surface area contributed by atoms with Gasteiger partial charge in [0.05, 0.1) is 30.3 Å². The van der Waals surface area contributed by atoms with E-state index in [1.54, 1.807) is 12.1 Å². The SMILES string of the molecule is O=[N+]([O-])c1ccc([C@@H]2OC[C@@]3(CO)COC4(CCCC4)N23)cc1. The zero-order valence-electron chi connectivity index (χ0n) is 12.8. The highest BCUT2D eigenvalue weighted by atomic mass is 16.6. The number of nitro benzene ring substituents is 1. The number of rotatable bonds is 3. The summed E-state index contributed by atoms with van der Waals surface area (Å²) in [7, 11) is 0. The average molecular weight is 320 g/mol. The molecule has 0 unspecified atom stereocenters. The van der Waals surface area contributed by atoms with Crippen molar-refractivity contribution in [3.8, 4) is 0 Å². The summed E-state index contributed by atoms with van der Waals surface area (Å²) in [6, 6.07) is 6.46. The third-order valence-corrected chi connectivity index (χ3v) is 5.37. The highest BCUT2D eigenvalue weighted by molar-refractivity contribution is 5.34. The Kier molecular flexibility index (Phi) is 3.42. The van der Waals surface area contributed by atoms with Crippen molar-refractivity contribution in [3.63, 3.8) is 0 Å². The minimum atomic E-state index is -0.503. The number of benzene rings is 1. The smallest absolute Gasteiger partial charge is 0.269 e. The van der Waals surface area contributed by atoms with Gasteiger partial charge < -0.3 is 14.6 Å². The maximum Gasteiger partial charge on any atom is 0.269 e. The van der Waals surface area contributed by atoms with Gasteiger partial charge in [0.1, 0.15) is 12.0 Å². The first-order valence-corrected chi connectivity index (χ1v) is 8.01. The lowest BCUT2D eigenvalue weighted by atomic mass is 9.98. The number of aliphatic hydroxyl groups excluding tert-OH is 1. The van der Waals surface area contributed by atoms with E-state index in [2.05, 4.69) is 4.90 Å². The largest absolute Gasteiger partial charge is 0.394 e. The van der Waals surface area contributed by atoms with Gasteiger partial charge in [0.15, 0.2) is 0 Å². The Morgan fingerprint density at radius 1 is 1.26 bits per heavy atom. The van der Waals surface area contributed by atoms with Crippen LogP contribution in [0.5, 0.6) is 0 Å². The third kappa shape index (κ3) is 2.11. The van der Waals surface area contributed by atoms with Crippen LogP contribution in [0.4, 0.5) is 5.69 Å². The van der Waals surface area contributed by atoms with Gasteiger partial charge in [0, 0.05) is 12.1 Å². The molecule has 1 spiro atoms. The Hall–Kier alpha value is -1.54. The van der Waals surface area contributed by atoms with Gasteiger partial charge in [0.25, 0.3) is 5.69 Å². The van der Waals surface area contributed by atoms with Gasteiger partial charge in [0.2, 0.25) is 0 Å². The average Bonchev–Trinajstić information content (AvgIpc) is 3.25. The number of nitrogens with zero attached hydrogens (tertiary/aromatic N) is 2. The fourth-order valence-corrected chi connectivity index (χ4v) is 4.21. The Bertz CT molecular complexity index is 613. The zero-order chi connectivity index (χ0) is 16.1. The molecular weight excluding hydrogens is 300 g/mol. The summed E-state index contributed by atoms with van der Waals surface area (Å²) in [4.78, 5) is 12.6. The van der Waals surface area contributed by atoms with E-state index in [1.165, 1.54) is 12.1 Å². The highest BCUT2D eigenvalue weighted by Gasteiger charge is 2.63. The van der Waals surface area contributed by atoms with Crippen molar-refractivity contribution < 1.29 is 19.5 Å². The van der Waals surface area contributed by atoms with Crippen LogP contribution in [0.3, 0.4) is 0 Å². The van der Waals surface area contributed by atoms with E-state index in [1.807, 2.05) is 0 Å². The van der Waals surface area contributed by atoms with E-state index in [9.17, 15) is 15.2 Å². The molecule has 2 heterocycles. The summed E-state index contributed by atoms with van der Waals surface area (Å²) in [5.41, 5.74) is 0.0544.